The lowest BCUT2D eigenvalue weighted by molar-refractivity contribution is -0.258. The van der Waals surface area contributed by atoms with Crippen LogP contribution in [0.1, 0.15) is 35.8 Å². The van der Waals surface area contributed by atoms with Crippen LogP contribution >= 0.6 is 0 Å². The molecule has 3 rings (SSSR count). The maximum atomic E-state index is 6.01. The molecule has 0 amide bonds. The van der Waals surface area contributed by atoms with E-state index in [9.17, 15) is 0 Å². The number of rotatable bonds is 10. The van der Waals surface area contributed by atoms with Crippen molar-refractivity contribution >= 4 is 8.07 Å². The summed E-state index contributed by atoms with van der Waals surface area (Å²) in [4.78, 5) is 9.04. The van der Waals surface area contributed by atoms with Gasteiger partial charge < -0.3 is 18.8 Å². The zero-order chi connectivity index (χ0) is 20.2. The summed E-state index contributed by atoms with van der Waals surface area (Å²) >= 11 is 0. The number of nitrogens with zero attached hydrogens (tertiary/aromatic N) is 3. The van der Waals surface area contributed by atoms with E-state index in [4.69, 9.17) is 19.2 Å². The largest absolute Gasteiger partial charge is 0.361 e. The Morgan fingerprint density at radius 1 is 1.14 bits per heavy atom. The first-order valence-corrected chi connectivity index (χ1v) is 13.7. The molecule has 28 heavy (non-hydrogen) atoms. The summed E-state index contributed by atoms with van der Waals surface area (Å²) < 4.78 is 19.3. The molecule has 0 radical (unpaired) electrons. The normalized spacial score (nSPS) is 16.9. The fourth-order valence-corrected chi connectivity index (χ4v) is 4.30. The summed E-state index contributed by atoms with van der Waals surface area (Å²) in [6.45, 7) is 8.46. The van der Waals surface area contributed by atoms with Crippen LogP contribution in [0.2, 0.25) is 25.7 Å². The van der Waals surface area contributed by atoms with E-state index in [2.05, 4.69) is 35.4 Å². The van der Waals surface area contributed by atoms with Crippen LogP contribution in [0.3, 0.4) is 0 Å². The molecule has 1 saturated carbocycles. The molecular formula is C21H33N3O3Si. The van der Waals surface area contributed by atoms with Gasteiger partial charge in [0.05, 0.1) is 5.69 Å². The third-order valence-electron chi connectivity index (χ3n) is 5.44. The van der Waals surface area contributed by atoms with Gasteiger partial charge in [-0.3, -0.25) is 4.98 Å². The van der Waals surface area contributed by atoms with Gasteiger partial charge in [-0.05, 0) is 23.7 Å². The Labute approximate surface area is 169 Å². The molecule has 2 aromatic heterocycles. The fraction of sp³-hybridized carbons (Fsp3) is 0.619. The molecule has 1 aliphatic carbocycles. The predicted molar refractivity (Wildman–Crippen MR) is 112 cm³/mol. The standard InChI is InChI=1S/C21H33N3O3Si/c1-25-21(26-2)13-18(14-21)20-23-19(12-17-6-8-22-9-7-17)15-24(20)16-27-10-11-28(3,4)5/h6-9,15,18H,10-14,16H2,1-5H3. The first kappa shape index (κ1) is 21.2. The molecular weight excluding hydrogens is 370 g/mol. The second kappa shape index (κ2) is 8.86. The first-order chi connectivity index (χ1) is 13.3. The molecule has 7 heteroatoms. The topological polar surface area (TPSA) is 58.4 Å². The second-order valence-electron chi connectivity index (χ2n) is 8.86. The Morgan fingerprint density at radius 2 is 1.82 bits per heavy atom. The van der Waals surface area contributed by atoms with E-state index in [1.165, 1.54) is 11.6 Å². The highest BCUT2D eigenvalue weighted by atomic mass is 28.3. The van der Waals surface area contributed by atoms with Crippen molar-refractivity contribution in [2.45, 2.75) is 63.4 Å². The molecule has 2 aromatic rings. The summed E-state index contributed by atoms with van der Waals surface area (Å²) in [5, 5.41) is 0. The van der Waals surface area contributed by atoms with Gasteiger partial charge in [0, 0.05) is 72.7 Å². The predicted octanol–water partition coefficient (Wildman–Crippen LogP) is 4.05. The van der Waals surface area contributed by atoms with Crippen LogP contribution in [-0.4, -0.2) is 49.2 Å². The van der Waals surface area contributed by atoms with E-state index in [1.54, 1.807) is 14.2 Å². The zero-order valence-electron chi connectivity index (χ0n) is 17.8. The van der Waals surface area contributed by atoms with Gasteiger partial charge in [0.1, 0.15) is 12.6 Å². The number of hydrogen-bond donors (Lipinski definition) is 0. The average Bonchev–Trinajstić information content (AvgIpc) is 3.01. The third-order valence-corrected chi connectivity index (χ3v) is 7.15. The molecule has 0 spiro atoms. The highest BCUT2D eigenvalue weighted by Crippen LogP contribution is 2.46. The van der Waals surface area contributed by atoms with Crippen molar-refractivity contribution in [3.05, 3.63) is 47.8 Å². The number of ether oxygens (including phenoxy) is 3. The van der Waals surface area contributed by atoms with Crippen LogP contribution in [0.15, 0.2) is 30.7 Å². The minimum atomic E-state index is -1.09. The summed E-state index contributed by atoms with van der Waals surface area (Å²) in [5.41, 5.74) is 2.27. The van der Waals surface area contributed by atoms with Crippen LogP contribution in [-0.2, 0) is 27.4 Å². The molecule has 1 fully saturated rings. The Hall–Kier alpha value is -1.54. The molecule has 2 heterocycles. The highest BCUT2D eigenvalue weighted by molar-refractivity contribution is 6.76. The fourth-order valence-electron chi connectivity index (χ4n) is 3.54. The van der Waals surface area contributed by atoms with Gasteiger partial charge in [0.2, 0.25) is 0 Å². The molecule has 0 bridgehead atoms. The highest BCUT2D eigenvalue weighted by Gasteiger charge is 2.47. The van der Waals surface area contributed by atoms with Gasteiger partial charge in [0.25, 0.3) is 0 Å². The van der Waals surface area contributed by atoms with Crippen LogP contribution in [0.5, 0.6) is 0 Å². The Bertz CT molecular complexity index is 746. The van der Waals surface area contributed by atoms with Crippen molar-refractivity contribution in [1.82, 2.24) is 14.5 Å². The first-order valence-electron chi connectivity index (χ1n) is 9.97. The molecule has 154 valence electrons. The van der Waals surface area contributed by atoms with E-state index in [0.29, 0.717) is 12.6 Å². The smallest absolute Gasteiger partial charge is 0.168 e. The monoisotopic (exact) mass is 403 g/mol. The SMILES string of the molecule is COC1(OC)CC(c2nc(Cc3ccncc3)cn2COCC[Si](C)(C)C)C1. The van der Waals surface area contributed by atoms with Crippen molar-refractivity contribution in [1.29, 1.82) is 0 Å². The van der Waals surface area contributed by atoms with E-state index >= 15 is 0 Å². The van der Waals surface area contributed by atoms with Gasteiger partial charge in [-0.25, -0.2) is 4.98 Å². The lowest BCUT2D eigenvalue weighted by Crippen LogP contribution is -2.46. The Kier molecular flexibility index (Phi) is 6.70. The van der Waals surface area contributed by atoms with Crippen molar-refractivity contribution in [2.24, 2.45) is 0 Å². The minimum Gasteiger partial charge on any atom is -0.361 e. The number of pyridine rings is 1. The summed E-state index contributed by atoms with van der Waals surface area (Å²) in [6.07, 6.45) is 8.21. The quantitative estimate of drug-likeness (QED) is 0.340. The Morgan fingerprint density at radius 3 is 2.43 bits per heavy atom. The van der Waals surface area contributed by atoms with Gasteiger partial charge in [0.15, 0.2) is 5.79 Å². The molecule has 0 aliphatic heterocycles. The average molecular weight is 404 g/mol. The number of methoxy groups -OCH3 is 2. The van der Waals surface area contributed by atoms with E-state index in [-0.39, 0.29) is 0 Å². The maximum absolute atomic E-state index is 6.01. The van der Waals surface area contributed by atoms with Crippen LogP contribution in [0.25, 0.3) is 0 Å². The zero-order valence-corrected chi connectivity index (χ0v) is 18.8. The van der Waals surface area contributed by atoms with Crippen molar-refractivity contribution in [3.63, 3.8) is 0 Å². The van der Waals surface area contributed by atoms with Crippen molar-refractivity contribution in [2.75, 3.05) is 20.8 Å². The molecule has 0 saturated heterocycles. The lowest BCUT2D eigenvalue weighted by atomic mass is 9.78. The third kappa shape index (κ3) is 5.29. The molecule has 1 aliphatic rings. The molecule has 0 aromatic carbocycles. The van der Waals surface area contributed by atoms with E-state index in [0.717, 1.165) is 37.4 Å². The van der Waals surface area contributed by atoms with Crippen molar-refractivity contribution in [3.8, 4) is 0 Å². The number of hydrogen-bond acceptors (Lipinski definition) is 5. The molecule has 0 N–H and O–H groups in total. The summed E-state index contributed by atoms with van der Waals surface area (Å²) in [6, 6.07) is 5.24. The Balaban J connectivity index is 1.70. The van der Waals surface area contributed by atoms with E-state index < -0.39 is 13.9 Å². The van der Waals surface area contributed by atoms with Crippen LogP contribution in [0, 0.1) is 0 Å². The minimum absolute atomic E-state index is 0.326. The lowest BCUT2D eigenvalue weighted by Gasteiger charge is -2.44. The molecule has 6 nitrogen and oxygen atoms in total. The summed E-state index contributed by atoms with van der Waals surface area (Å²) in [5.74, 6) is 0.930. The molecule has 0 unspecified atom stereocenters. The van der Waals surface area contributed by atoms with Crippen LogP contribution in [0.4, 0.5) is 0 Å². The van der Waals surface area contributed by atoms with Gasteiger partial charge in [-0.1, -0.05) is 19.6 Å². The summed E-state index contributed by atoms with van der Waals surface area (Å²) in [7, 11) is 2.33. The van der Waals surface area contributed by atoms with Gasteiger partial charge >= 0.3 is 0 Å². The number of aromatic nitrogens is 3. The second-order valence-corrected chi connectivity index (χ2v) is 14.5. The van der Waals surface area contributed by atoms with Gasteiger partial charge in [-0.2, -0.15) is 0 Å². The molecule has 0 atom stereocenters. The van der Waals surface area contributed by atoms with E-state index in [1.807, 2.05) is 24.5 Å². The van der Waals surface area contributed by atoms with Gasteiger partial charge in [-0.15, -0.1) is 0 Å². The maximum Gasteiger partial charge on any atom is 0.168 e. The van der Waals surface area contributed by atoms with Crippen molar-refractivity contribution < 1.29 is 14.2 Å². The van der Waals surface area contributed by atoms with Crippen LogP contribution < -0.4 is 0 Å². The number of imidazole rings is 1.